The molecule has 2 aromatic heterocycles. The number of aryl methyl sites for hydroxylation is 2. The molecule has 0 radical (unpaired) electrons. The molecule has 2 aromatic rings. The van der Waals surface area contributed by atoms with E-state index >= 15 is 0 Å². The van der Waals surface area contributed by atoms with Crippen molar-refractivity contribution in [3.05, 3.63) is 29.5 Å². The Hall–Kier alpha value is -1.95. The lowest BCUT2D eigenvalue weighted by Gasteiger charge is -2.05. The molecule has 96 valence electrons. The van der Waals surface area contributed by atoms with Crippen LogP contribution in [0.15, 0.2) is 12.4 Å². The Kier molecular flexibility index (Phi) is 3.57. The summed E-state index contributed by atoms with van der Waals surface area (Å²) in [4.78, 5) is 8.48. The van der Waals surface area contributed by atoms with Crippen LogP contribution in [0.3, 0.4) is 0 Å². The van der Waals surface area contributed by atoms with Crippen LogP contribution in [0.2, 0.25) is 0 Å². The van der Waals surface area contributed by atoms with Gasteiger partial charge in [0.25, 0.3) is 0 Å². The van der Waals surface area contributed by atoms with Crippen molar-refractivity contribution in [2.75, 3.05) is 7.05 Å². The van der Waals surface area contributed by atoms with Crippen LogP contribution >= 0.6 is 0 Å². The fourth-order valence-corrected chi connectivity index (χ4v) is 1.67. The molecule has 2 heterocycles. The number of hydrogen-bond acceptors (Lipinski definition) is 5. The molecule has 0 fully saturated rings. The van der Waals surface area contributed by atoms with E-state index in [1.807, 2.05) is 27.9 Å². The average molecular weight is 247 g/mol. The summed E-state index contributed by atoms with van der Waals surface area (Å²) < 4.78 is 7.50. The van der Waals surface area contributed by atoms with Crippen LogP contribution < -0.4 is 10.1 Å². The normalized spacial score (nSPS) is 10.7. The first-order valence-electron chi connectivity index (χ1n) is 5.75. The van der Waals surface area contributed by atoms with Crippen molar-refractivity contribution in [3.63, 3.8) is 0 Å². The van der Waals surface area contributed by atoms with E-state index in [9.17, 15) is 0 Å². The predicted octanol–water partition coefficient (Wildman–Crippen LogP) is 1.34. The van der Waals surface area contributed by atoms with Gasteiger partial charge < -0.3 is 10.1 Å². The molecule has 6 heteroatoms. The minimum Gasteiger partial charge on any atom is -0.434 e. The van der Waals surface area contributed by atoms with E-state index < -0.39 is 0 Å². The Morgan fingerprint density at radius 3 is 2.56 bits per heavy atom. The van der Waals surface area contributed by atoms with Crippen molar-refractivity contribution >= 4 is 0 Å². The van der Waals surface area contributed by atoms with Crippen molar-refractivity contribution in [1.29, 1.82) is 0 Å². The summed E-state index contributed by atoms with van der Waals surface area (Å²) in [5, 5.41) is 7.31. The van der Waals surface area contributed by atoms with Crippen molar-refractivity contribution in [2.45, 2.75) is 20.4 Å². The molecule has 0 aliphatic heterocycles. The first-order valence-corrected chi connectivity index (χ1v) is 5.75. The quantitative estimate of drug-likeness (QED) is 0.883. The molecule has 0 aliphatic rings. The molecular formula is C12H17N5O. The van der Waals surface area contributed by atoms with Crippen LogP contribution in [0.25, 0.3) is 0 Å². The van der Waals surface area contributed by atoms with E-state index in [0.29, 0.717) is 12.4 Å². The molecule has 0 amide bonds. The van der Waals surface area contributed by atoms with Gasteiger partial charge in [0, 0.05) is 13.6 Å². The van der Waals surface area contributed by atoms with Crippen molar-refractivity contribution < 1.29 is 4.74 Å². The van der Waals surface area contributed by atoms with Crippen LogP contribution in [0.5, 0.6) is 11.6 Å². The summed E-state index contributed by atoms with van der Waals surface area (Å²) in [5.41, 5.74) is 2.69. The number of nitrogens with one attached hydrogen (secondary N) is 1. The average Bonchev–Trinajstić information content (AvgIpc) is 2.59. The van der Waals surface area contributed by atoms with Crippen LogP contribution in [0.4, 0.5) is 0 Å². The third kappa shape index (κ3) is 2.48. The minimum atomic E-state index is 0.481. The summed E-state index contributed by atoms with van der Waals surface area (Å²) in [7, 11) is 3.76. The molecular weight excluding hydrogens is 230 g/mol. The zero-order valence-electron chi connectivity index (χ0n) is 11.1. The molecule has 0 spiro atoms. The molecule has 18 heavy (non-hydrogen) atoms. The van der Waals surface area contributed by atoms with E-state index in [0.717, 1.165) is 22.8 Å². The van der Waals surface area contributed by atoms with Crippen molar-refractivity contribution in [3.8, 4) is 11.6 Å². The van der Waals surface area contributed by atoms with Crippen molar-refractivity contribution in [1.82, 2.24) is 25.1 Å². The molecule has 0 unspecified atom stereocenters. The lowest BCUT2D eigenvalue weighted by atomic mass is 10.3. The molecule has 0 atom stereocenters. The van der Waals surface area contributed by atoms with E-state index in [4.69, 9.17) is 4.74 Å². The van der Waals surface area contributed by atoms with Gasteiger partial charge in [-0.25, -0.2) is 4.98 Å². The fourth-order valence-electron chi connectivity index (χ4n) is 1.67. The maximum atomic E-state index is 5.72. The van der Waals surface area contributed by atoms with Crippen LogP contribution in [0.1, 0.15) is 17.1 Å². The highest BCUT2D eigenvalue weighted by atomic mass is 16.5. The second-order valence-electron chi connectivity index (χ2n) is 4.10. The molecule has 1 N–H and O–H groups in total. The van der Waals surface area contributed by atoms with E-state index in [-0.39, 0.29) is 0 Å². The van der Waals surface area contributed by atoms with Gasteiger partial charge in [-0.3, -0.25) is 9.67 Å². The number of rotatable bonds is 4. The van der Waals surface area contributed by atoms with E-state index in [1.165, 1.54) is 0 Å². The van der Waals surface area contributed by atoms with Gasteiger partial charge in [-0.05, 0) is 20.9 Å². The molecule has 0 aromatic carbocycles. The second-order valence-corrected chi connectivity index (χ2v) is 4.10. The Morgan fingerprint density at radius 2 is 2.06 bits per heavy atom. The number of aromatic nitrogens is 4. The van der Waals surface area contributed by atoms with Crippen LogP contribution in [-0.4, -0.2) is 26.8 Å². The lowest BCUT2D eigenvalue weighted by Crippen LogP contribution is -2.07. The summed E-state index contributed by atoms with van der Waals surface area (Å²) in [5.74, 6) is 1.22. The van der Waals surface area contributed by atoms with Gasteiger partial charge in [0.05, 0.1) is 23.8 Å². The highest BCUT2D eigenvalue weighted by Crippen LogP contribution is 2.26. The topological polar surface area (TPSA) is 64.9 Å². The lowest BCUT2D eigenvalue weighted by molar-refractivity contribution is 0.451. The Bertz CT molecular complexity index is 532. The third-order valence-corrected chi connectivity index (χ3v) is 2.69. The van der Waals surface area contributed by atoms with Gasteiger partial charge in [0.1, 0.15) is 5.69 Å². The van der Waals surface area contributed by atoms with Crippen molar-refractivity contribution in [2.24, 2.45) is 7.05 Å². The summed E-state index contributed by atoms with van der Waals surface area (Å²) >= 11 is 0. The number of ether oxygens (including phenoxy) is 1. The number of hydrogen-bond donors (Lipinski definition) is 1. The van der Waals surface area contributed by atoms with Gasteiger partial charge in [0.15, 0.2) is 5.75 Å². The standard InChI is InChI=1S/C12H17N5O/c1-8-12(9(2)17(4)16-8)18-11-7-14-10(5-13-3)6-15-11/h6-7,13H,5H2,1-4H3. The maximum absolute atomic E-state index is 5.72. The summed E-state index contributed by atoms with van der Waals surface area (Å²) in [6.07, 6.45) is 3.32. The fraction of sp³-hybridized carbons (Fsp3) is 0.417. The van der Waals surface area contributed by atoms with Crippen LogP contribution in [-0.2, 0) is 13.6 Å². The number of nitrogens with zero attached hydrogens (tertiary/aromatic N) is 4. The highest BCUT2D eigenvalue weighted by Gasteiger charge is 2.12. The van der Waals surface area contributed by atoms with Gasteiger partial charge >= 0.3 is 0 Å². The molecule has 6 nitrogen and oxygen atoms in total. The van der Waals surface area contributed by atoms with Gasteiger partial charge in [-0.2, -0.15) is 5.10 Å². The third-order valence-electron chi connectivity index (χ3n) is 2.69. The zero-order chi connectivity index (χ0) is 13.1. The smallest absolute Gasteiger partial charge is 0.238 e. The predicted molar refractivity (Wildman–Crippen MR) is 67.6 cm³/mol. The SMILES string of the molecule is CNCc1cnc(Oc2c(C)nn(C)c2C)cn1. The van der Waals surface area contributed by atoms with Gasteiger partial charge in [-0.15, -0.1) is 0 Å². The van der Waals surface area contributed by atoms with Crippen LogP contribution in [0, 0.1) is 13.8 Å². The largest absolute Gasteiger partial charge is 0.434 e. The van der Waals surface area contributed by atoms with E-state index in [1.54, 1.807) is 17.1 Å². The second kappa shape index (κ2) is 5.14. The Balaban J connectivity index is 2.18. The van der Waals surface area contributed by atoms with Gasteiger partial charge in [0.2, 0.25) is 5.88 Å². The zero-order valence-corrected chi connectivity index (χ0v) is 11.1. The first-order chi connectivity index (χ1) is 8.61. The molecule has 2 rings (SSSR count). The Labute approximate surface area is 106 Å². The minimum absolute atomic E-state index is 0.481. The summed E-state index contributed by atoms with van der Waals surface area (Å²) in [6, 6.07) is 0. The monoisotopic (exact) mass is 247 g/mol. The maximum Gasteiger partial charge on any atom is 0.238 e. The van der Waals surface area contributed by atoms with E-state index in [2.05, 4.69) is 20.4 Å². The highest BCUT2D eigenvalue weighted by molar-refractivity contribution is 5.34. The molecule has 0 aliphatic carbocycles. The first kappa shape index (κ1) is 12.5. The Morgan fingerprint density at radius 1 is 1.28 bits per heavy atom. The summed E-state index contributed by atoms with van der Waals surface area (Å²) in [6.45, 7) is 4.56. The molecule has 0 saturated carbocycles. The molecule has 0 bridgehead atoms. The van der Waals surface area contributed by atoms with Gasteiger partial charge in [-0.1, -0.05) is 0 Å². The molecule has 0 saturated heterocycles.